The van der Waals surface area contributed by atoms with Gasteiger partial charge >= 0.3 is 0 Å². The third kappa shape index (κ3) is 2.67. The van der Waals surface area contributed by atoms with Crippen molar-refractivity contribution < 1.29 is 0 Å². The van der Waals surface area contributed by atoms with Crippen LogP contribution in [-0.2, 0) is 0 Å². The minimum Gasteiger partial charge on any atom is -0.356 e. The number of nitrogens with zero attached hydrogens (tertiary/aromatic N) is 5. The second-order valence-electron chi connectivity index (χ2n) is 6.35. The lowest BCUT2D eigenvalue weighted by Gasteiger charge is -2.33. The molecule has 0 atom stereocenters. The summed E-state index contributed by atoms with van der Waals surface area (Å²) in [6, 6.07) is 8.48. The van der Waals surface area contributed by atoms with E-state index in [0.717, 1.165) is 48.8 Å². The first kappa shape index (κ1) is 14.2. The molecule has 4 heterocycles. The van der Waals surface area contributed by atoms with Gasteiger partial charge in [0.2, 0.25) is 0 Å². The van der Waals surface area contributed by atoms with Crippen LogP contribution in [0.25, 0.3) is 5.65 Å². The first-order chi connectivity index (χ1) is 11.2. The highest BCUT2D eigenvalue weighted by Gasteiger charge is 2.22. The summed E-state index contributed by atoms with van der Waals surface area (Å²) in [5.41, 5.74) is 4.40. The predicted octanol–water partition coefficient (Wildman–Crippen LogP) is 3.13. The van der Waals surface area contributed by atoms with Crippen LogP contribution in [0.2, 0.25) is 0 Å². The standard InChI is InChI=1S/C18H21N5/c1-13-12-18(23-17(20-13)11-14(2)21-23)22-9-5-16(6-10-22)15-3-7-19-8-4-15/h3-4,7-8,11-12,16H,5-6,9-10H2,1-2H3. The molecule has 1 aliphatic rings. The minimum absolute atomic E-state index is 0.632. The van der Waals surface area contributed by atoms with E-state index in [9.17, 15) is 0 Å². The summed E-state index contributed by atoms with van der Waals surface area (Å²) in [4.78, 5) is 11.1. The smallest absolute Gasteiger partial charge is 0.157 e. The van der Waals surface area contributed by atoms with Gasteiger partial charge in [0.25, 0.3) is 0 Å². The van der Waals surface area contributed by atoms with Crippen LogP contribution in [0.4, 0.5) is 5.82 Å². The second kappa shape index (κ2) is 5.65. The number of aromatic nitrogens is 4. The van der Waals surface area contributed by atoms with E-state index < -0.39 is 0 Å². The Bertz CT molecular complexity index is 816. The molecule has 4 rings (SSSR count). The van der Waals surface area contributed by atoms with Crippen molar-refractivity contribution in [2.75, 3.05) is 18.0 Å². The number of aryl methyl sites for hydroxylation is 2. The van der Waals surface area contributed by atoms with Gasteiger partial charge in [-0.05, 0) is 50.3 Å². The van der Waals surface area contributed by atoms with Gasteiger partial charge in [-0.2, -0.15) is 9.61 Å². The topological polar surface area (TPSA) is 46.3 Å². The van der Waals surface area contributed by atoms with E-state index in [-0.39, 0.29) is 0 Å². The second-order valence-corrected chi connectivity index (χ2v) is 6.35. The Labute approximate surface area is 136 Å². The Hall–Kier alpha value is -2.43. The van der Waals surface area contributed by atoms with Crippen LogP contribution in [0.15, 0.2) is 36.7 Å². The van der Waals surface area contributed by atoms with E-state index in [1.165, 1.54) is 5.56 Å². The molecule has 3 aromatic heterocycles. The average molecular weight is 307 g/mol. The molecule has 0 unspecified atom stereocenters. The number of piperidine rings is 1. The number of anilines is 1. The van der Waals surface area contributed by atoms with Gasteiger partial charge in [-0.1, -0.05) is 0 Å². The summed E-state index contributed by atoms with van der Waals surface area (Å²) in [7, 11) is 0. The Balaban J connectivity index is 1.59. The van der Waals surface area contributed by atoms with Crippen molar-refractivity contribution in [3.8, 4) is 0 Å². The zero-order valence-corrected chi connectivity index (χ0v) is 13.6. The van der Waals surface area contributed by atoms with E-state index in [1.54, 1.807) is 0 Å². The molecule has 5 heteroatoms. The number of fused-ring (bicyclic) bond motifs is 1. The SMILES string of the molecule is Cc1cc(N2CCC(c3ccncc3)CC2)n2nc(C)cc2n1. The third-order valence-corrected chi connectivity index (χ3v) is 4.66. The van der Waals surface area contributed by atoms with Gasteiger partial charge in [0.1, 0.15) is 5.82 Å². The van der Waals surface area contributed by atoms with Gasteiger partial charge in [-0.15, -0.1) is 0 Å². The van der Waals surface area contributed by atoms with Crippen LogP contribution in [0.3, 0.4) is 0 Å². The molecule has 0 aliphatic carbocycles. The maximum absolute atomic E-state index is 4.61. The first-order valence-corrected chi connectivity index (χ1v) is 8.19. The van der Waals surface area contributed by atoms with Crippen molar-refractivity contribution in [3.63, 3.8) is 0 Å². The number of pyridine rings is 1. The molecule has 118 valence electrons. The summed E-state index contributed by atoms with van der Waals surface area (Å²) in [6.07, 6.45) is 6.11. The van der Waals surface area contributed by atoms with Gasteiger partial charge in [-0.25, -0.2) is 4.98 Å². The van der Waals surface area contributed by atoms with Gasteiger partial charge < -0.3 is 4.90 Å². The maximum Gasteiger partial charge on any atom is 0.157 e. The van der Waals surface area contributed by atoms with Gasteiger partial charge in [0, 0.05) is 43.3 Å². The van der Waals surface area contributed by atoms with Crippen LogP contribution < -0.4 is 4.90 Å². The van der Waals surface area contributed by atoms with E-state index in [4.69, 9.17) is 0 Å². The van der Waals surface area contributed by atoms with Crippen molar-refractivity contribution in [1.29, 1.82) is 0 Å². The van der Waals surface area contributed by atoms with E-state index in [2.05, 4.69) is 45.1 Å². The fraction of sp³-hybridized carbons (Fsp3) is 0.389. The van der Waals surface area contributed by atoms with Crippen molar-refractivity contribution in [3.05, 3.63) is 53.6 Å². The first-order valence-electron chi connectivity index (χ1n) is 8.19. The molecule has 23 heavy (non-hydrogen) atoms. The molecule has 0 bridgehead atoms. The van der Waals surface area contributed by atoms with Crippen LogP contribution in [0.1, 0.15) is 35.7 Å². The predicted molar refractivity (Wildman–Crippen MR) is 90.9 cm³/mol. The summed E-state index contributed by atoms with van der Waals surface area (Å²) in [5, 5.41) is 4.61. The highest BCUT2D eigenvalue weighted by Crippen LogP contribution is 2.30. The largest absolute Gasteiger partial charge is 0.356 e. The zero-order chi connectivity index (χ0) is 15.8. The van der Waals surface area contributed by atoms with Crippen molar-refractivity contribution in [2.45, 2.75) is 32.6 Å². The molecule has 0 saturated carbocycles. The van der Waals surface area contributed by atoms with E-state index in [1.807, 2.05) is 29.9 Å². The molecule has 0 radical (unpaired) electrons. The lowest BCUT2D eigenvalue weighted by Crippen LogP contribution is -2.34. The third-order valence-electron chi connectivity index (χ3n) is 4.66. The Morgan fingerprint density at radius 3 is 2.48 bits per heavy atom. The highest BCUT2D eigenvalue weighted by atomic mass is 15.3. The Kier molecular flexibility index (Phi) is 3.48. The summed E-state index contributed by atoms with van der Waals surface area (Å²) >= 11 is 0. The molecule has 0 spiro atoms. The molecule has 0 N–H and O–H groups in total. The average Bonchev–Trinajstić information content (AvgIpc) is 2.95. The Morgan fingerprint density at radius 1 is 1.00 bits per heavy atom. The fourth-order valence-electron chi connectivity index (χ4n) is 3.50. The number of hydrogen-bond acceptors (Lipinski definition) is 4. The number of rotatable bonds is 2. The van der Waals surface area contributed by atoms with Crippen molar-refractivity contribution >= 4 is 11.5 Å². The van der Waals surface area contributed by atoms with Gasteiger partial charge in [0.05, 0.1) is 5.69 Å². The van der Waals surface area contributed by atoms with E-state index >= 15 is 0 Å². The lowest BCUT2D eigenvalue weighted by atomic mass is 9.90. The molecule has 0 amide bonds. The molecule has 1 aliphatic heterocycles. The van der Waals surface area contributed by atoms with Gasteiger partial charge in [-0.3, -0.25) is 4.98 Å². The highest BCUT2D eigenvalue weighted by molar-refractivity contribution is 5.52. The molecule has 3 aromatic rings. The summed E-state index contributed by atoms with van der Waals surface area (Å²) in [5.74, 6) is 1.79. The van der Waals surface area contributed by atoms with Crippen LogP contribution in [0.5, 0.6) is 0 Å². The molecule has 0 aromatic carbocycles. The van der Waals surface area contributed by atoms with Crippen molar-refractivity contribution in [2.24, 2.45) is 0 Å². The fourth-order valence-corrected chi connectivity index (χ4v) is 3.50. The lowest BCUT2D eigenvalue weighted by molar-refractivity contribution is 0.499. The molecule has 1 fully saturated rings. The van der Waals surface area contributed by atoms with Crippen LogP contribution in [-0.4, -0.2) is 32.7 Å². The quantitative estimate of drug-likeness (QED) is 0.730. The summed E-state index contributed by atoms with van der Waals surface area (Å²) in [6.45, 7) is 6.16. The monoisotopic (exact) mass is 307 g/mol. The Morgan fingerprint density at radius 2 is 1.74 bits per heavy atom. The van der Waals surface area contributed by atoms with Crippen LogP contribution >= 0.6 is 0 Å². The van der Waals surface area contributed by atoms with Gasteiger partial charge in [0.15, 0.2) is 5.65 Å². The zero-order valence-electron chi connectivity index (χ0n) is 13.6. The molecular weight excluding hydrogens is 286 g/mol. The van der Waals surface area contributed by atoms with Crippen molar-refractivity contribution in [1.82, 2.24) is 19.6 Å². The molecule has 5 nitrogen and oxygen atoms in total. The molecular formula is C18H21N5. The molecule has 1 saturated heterocycles. The number of hydrogen-bond donors (Lipinski definition) is 0. The van der Waals surface area contributed by atoms with E-state index in [0.29, 0.717) is 5.92 Å². The summed E-state index contributed by atoms with van der Waals surface area (Å²) < 4.78 is 1.98. The normalized spacial score (nSPS) is 16.2. The minimum atomic E-state index is 0.632. The van der Waals surface area contributed by atoms with Crippen LogP contribution in [0, 0.1) is 13.8 Å². The maximum atomic E-state index is 4.61.